The maximum Gasteiger partial charge on any atom is 0.142 e. The quantitative estimate of drug-likeness (QED) is 0.622. The van der Waals surface area contributed by atoms with Gasteiger partial charge in [0.05, 0.1) is 0 Å². The lowest BCUT2D eigenvalue weighted by Gasteiger charge is -1.98. The summed E-state index contributed by atoms with van der Waals surface area (Å²) in [6.07, 6.45) is 0. The van der Waals surface area contributed by atoms with Crippen molar-refractivity contribution in [3.05, 3.63) is 41.0 Å². The van der Waals surface area contributed by atoms with Gasteiger partial charge in [-0.1, -0.05) is 0 Å². The SMILES string of the molecule is Cc1cc2oc3c(C)c(O)ccc3c2cc1C. The maximum absolute atomic E-state index is 9.69. The minimum atomic E-state index is 0.282. The minimum Gasteiger partial charge on any atom is -0.508 e. The topological polar surface area (TPSA) is 33.4 Å². The number of furan rings is 1. The van der Waals surface area contributed by atoms with Gasteiger partial charge in [0.1, 0.15) is 16.9 Å². The molecule has 1 heterocycles. The van der Waals surface area contributed by atoms with E-state index in [1.54, 1.807) is 6.07 Å². The average molecular weight is 226 g/mol. The fourth-order valence-corrected chi connectivity index (χ4v) is 2.22. The number of benzene rings is 2. The van der Waals surface area contributed by atoms with Crippen molar-refractivity contribution in [3.63, 3.8) is 0 Å². The summed E-state index contributed by atoms with van der Waals surface area (Å²) in [6.45, 7) is 6.05. The van der Waals surface area contributed by atoms with Crippen molar-refractivity contribution in [3.8, 4) is 5.75 Å². The summed E-state index contributed by atoms with van der Waals surface area (Å²) in [5.41, 5.74) is 4.94. The van der Waals surface area contributed by atoms with Crippen LogP contribution in [0.5, 0.6) is 5.75 Å². The zero-order valence-corrected chi connectivity index (χ0v) is 10.2. The molecule has 0 saturated heterocycles. The molecule has 1 aromatic heterocycles. The van der Waals surface area contributed by atoms with Crippen LogP contribution in [0.4, 0.5) is 0 Å². The van der Waals surface area contributed by atoms with Crippen LogP contribution in [-0.2, 0) is 0 Å². The van der Waals surface area contributed by atoms with Crippen molar-refractivity contribution in [2.45, 2.75) is 20.8 Å². The van der Waals surface area contributed by atoms with Crippen molar-refractivity contribution >= 4 is 21.9 Å². The summed E-state index contributed by atoms with van der Waals surface area (Å²) in [7, 11) is 0. The third kappa shape index (κ3) is 1.34. The Morgan fingerprint density at radius 1 is 0.941 bits per heavy atom. The Morgan fingerprint density at radius 3 is 2.41 bits per heavy atom. The summed E-state index contributed by atoms with van der Waals surface area (Å²) in [5, 5.41) is 11.9. The van der Waals surface area contributed by atoms with Gasteiger partial charge >= 0.3 is 0 Å². The molecule has 3 aromatic rings. The Labute approximate surface area is 99.5 Å². The fraction of sp³-hybridized carbons (Fsp3) is 0.200. The Bertz CT molecular complexity index is 736. The molecular weight excluding hydrogens is 212 g/mol. The van der Waals surface area contributed by atoms with Gasteiger partial charge < -0.3 is 9.52 Å². The molecule has 0 fully saturated rings. The van der Waals surface area contributed by atoms with Crippen LogP contribution >= 0.6 is 0 Å². The van der Waals surface area contributed by atoms with E-state index in [4.69, 9.17) is 4.42 Å². The van der Waals surface area contributed by atoms with Crippen LogP contribution in [0.1, 0.15) is 16.7 Å². The molecule has 0 bridgehead atoms. The third-order valence-electron chi connectivity index (χ3n) is 3.48. The highest BCUT2D eigenvalue weighted by Gasteiger charge is 2.12. The van der Waals surface area contributed by atoms with E-state index >= 15 is 0 Å². The van der Waals surface area contributed by atoms with Crippen LogP contribution in [0.2, 0.25) is 0 Å². The molecule has 0 aliphatic carbocycles. The van der Waals surface area contributed by atoms with Crippen LogP contribution < -0.4 is 0 Å². The molecule has 0 spiro atoms. The van der Waals surface area contributed by atoms with E-state index in [0.717, 1.165) is 27.5 Å². The van der Waals surface area contributed by atoms with Gasteiger partial charge in [-0.2, -0.15) is 0 Å². The first-order chi connectivity index (χ1) is 8.08. The monoisotopic (exact) mass is 226 g/mol. The van der Waals surface area contributed by atoms with Crippen molar-refractivity contribution in [1.82, 2.24) is 0 Å². The number of aryl methyl sites for hydroxylation is 3. The number of phenols is 1. The molecule has 0 radical (unpaired) electrons. The van der Waals surface area contributed by atoms with Gasteiger partial charge in [-0.15, -0.1) is 0 Å². The summed E-state index contributed by atoms with van der Waals surface area (Å²) in [6, 6.07) is 7.84. The number of aromatic hydroxyl groups is 1. The molecule has 1 N–H and O–H groups in total. The predicted octanol–water partition coefficient (Wildman–Crippen LogP) is 4.22. The first kappa shape index (κ1) is 10.2. The summed E-state index contributed by atoms with van der Waals surface area (Å²) < 4.78 is 5.84. The molecule has 2 heteroatoms. The molecule has 0 aliphatic heterocycles. The first-order valence-electron chi connectivity index (χ1n) is 5.70. The molecule has 0 unspecified atom stereocenters. The van der Waals surface area contributed by atoms with Crippen LogP contribution in [0.15, 0.2) is 28.7 Å². The van der Waals surface area contributed by atoms with Gasteiger partial charge in [0.25, 0.3) is 0 Å². The predicted molar refractivity (Wildman–Crippen MR) is 69.6 cm³/mol. The average Bonchev–Trinajstić information content (AvgIpc) is 2.63. The lowest BCUT2D eigenvalue weighted by molar-refractivity contribution is 0.470. The Hall–Kier alpha value is -1.96. The van der Waals surface area contributed by atoms with E-state index in [1.807, 2.05) is 13.0 Å². The zero-order chi connectivity index (χ0) is 12.2. The van der Waals surface area contributed by atoms with Crippen molar-refractivity contribution in [2.75, 3.05) is 0 Å². The van der Waals surface area contributed by atoms with Crippen LogP contribution in [0, 0.1) is 20.8 Å². The van der Waals surface area contributed by atoms with E-state index in [9.17, 15) is 5.11 Å². The van der Waals surface area contributed by atoms with Crippen LogP contribution in [0.25, 0.3) is 21.9 Å². The van der Waals surface area contributed by atoms with Crippen molar-refractivity contribution < 1.29 is 9.52 Å². The number of fused-ring (bicyclic) bond motifs is 3. The molecule has 0 saturated carbocycles. The molecule has 0 amide bonds. The van der Waals surface area contributed by atoms with Gasteiger partial charge in [-0.05, 0) is 56.2 Å². The second-order valence-electron chi connectivity index (χ2n) is 4.62. The normalized spacial score (nSPS) is 11.5. The highest BCUT2D eigenvalue weighted by atomic mass is 16.3. The van der Waals surface area contributed by atoms with E-state index in [0.29, 0.717) is 0 Å². The number of phenolic OH excluding ortho intramolecular Hbond substituents is 1. The second kappa shape index (κ2) is 3.27. The molecule has 3 rings (SSSR count). The van der Waals surface area contributed by atoms with E-state index in [2.05, 4.69) is 26.0 Å². The summed E-state index contributed by atoms with van der Waals surface area (Å²) in [5.74, 6) is 0.282. The Balaban J connectivity index is 2.54. The van der Waals surface area contributed by atoms with Gasteiger partial charge in [-0.25, -0.2) is 0 Å². The van der Waals surface area contributed by atoms with Gasteiger partial charge in [-0.3, -0.25) is 0 Å². The second-order valence-corrected chi connectivity index (χ2v) is 4.62. The summed E-state index contributed by atoms with van der Waals surface area (Å²) in [4.78, 5) is 0. The minimum absolute atomic E-state index is 0.282. The molecule has 86 valence electrons. The largest absolute Gasteiger partial charge is 0.508 e. The zero-order valence-electron chi connectivity index (χ0n) is 10.2. The smallest absolute Gasteiger partial charge is 0.142 e. The number of hydrogen-bond donors (Lipinski definition) is 1. The van der Waals surface area contributed by atoms with Gasteiger partial charge in [0.2, 0.25) is 0 Å². The third-order valence-corrected chi connectivity index (χ3v) is 3.48. The molecular formula is C15H14O2. The molecule has 2 nitrogen and oxygen atoms in total. The number of rotatable bonds is 0. The van der Waals surface area contributed by atoms with E-state index < -0.39 is 0 Å². The lowest BCUT2D eigenvalue weighted by Crippen LogP contribution is -1.79. The molecule has 0 atom stereocenters. The fourth-order valence-electron chi connectivity index (χ4n) is 2.22. The van der Waals surface area contributed by atoms with Crippen LogP contribution in [-0.4, -0.2) is 5.11 Å². The Kier molecular flexibility index (Phi) is 1.96. The molecule has 0 aliphatic rings. The first-order valence-corrected chi connectivity index (χ1v) is 5.70. The highest BCUT2D eigenvalue weighted by Crippen LogP contribution is 2.35. The highest BCUT2D eigenvalue weighted by molar-refractivity contribution is 6.06. The van der Waals surface area contributed by atoms with E-state index in [1.165, 1.54) is 11.1 Å². The standard InChI is InChI=1S/C15H14O2/c1-8-6-12-11-4-5-13(16)10(3)15(11)17-14(12)7-9(8)2/h4-7,16H,1-3H3. The number of hydrogen-bond acceptors (Lipinski definition) is 2. The van der Waals surface area contributed by atoms with Gasteiger partial charge in [0, 0.05) is 16.3 Å². The summed E-state index contributed by atoms with van der Waals surface area (Å²) >= 11 is 0. The van der Waals surface area contributed by atoms with Gasteiger partial charge in [0.15, 0.2) is 0 Å². The van der Waals surface area contributed by atoms with E-state index in [-0.39, 0.29) is 5.75 Å². The van der Waals surface area contributed by atoms with Crippen molar-refractivity contribution in [2.24, 2.45) is 0 Å². The Morgan fingerprint density at radius 2 is 1.65 bits per heavy atom. The maximum atomic E-state index is 9.69. The lowest BCUT2D eigenvalue weighted by atomic mass is 10.0. The molecule has 2 aromatic carbocycles. The molecule has 17 heavy (non-hydrogen) atoms. The van der Waals surface area contributed by atoms with Crippen molar-refractivity contribution in [1.29, 1.82) is 0 Å². The van der Waals surface area contributed by atoms with Crippen LogP contribution in [0.3, 0.4) is 0 Å².